The summed E-state index contributed by atoms with van der Waals surface area (Å²) in [5.74, 6) is 1.87. The summed E-state index contributed by atoms with van der Waals surface area (Å²) in [5.41, 5.74) is 4.98. The highest BCUT2D eigenvalue weighted by molar-refractivity contribution is 5.87. The van der Waals surface area contributed by atoms with Crippen molar-refractivity contribution >= 4 is 40.2 Å². The van der Waals surface area contributed by atoms with Gasteiger partial charge in [-0.05, 0) is 25.5 Å². The molecule has 0 unspecified atom stereocenters. The standard InChI is InChI=1S/C16H18N8O.C13H16N8/c1-3-14(25)23-5-4-11(7-23)13-9-24-16(17-10-19-24)15(21-13)20-12-6-18-22(2)8-12;1-20-6-10(5-16-20)18-12-13-15-8-17-21(13)7-11(19-12)9-2-3-14-4-9/h3,6,8-11H,1,4-5,7H2,2H3,(H,20,21);5-9,14H,2-4H2,1H3,(H,18,19)/t11-;9-/m00/s1. The van der Waals surface area contributed by atoms with E-state index < -0.39 is 0 Å². The van der Waals surface area contributed by atoms with Crippen LogP contribution in [0, 0.1) is 0 Å². The van der Waals surface area contributed by atoms with Crippen molar-refractivity contribution in [3.05, 3.63) is 73.9 Å². The normalized spacial score (nSPS) is 17.7. The van der Waals surface area contributed by atoms with Gasteiger partial charge in [-0.15, -0.1) is 0 Å². The van der Waals surface area contributed by atoms with E-state index in [2.05, 4.69) is 52.9 Å². The van der Waals surface area contributed by atoms with Gasteiger partial charge in [0.05, 0.1) is 47.6 Å². The summed E-state index contributed by atoms with van der Waals surface area (Å²) in [4.78, 5) is 31.6. The van der Waals surface area contributed by atoms with E-state index in [9.17, 15) is 4.79 Å². The van der Waals surface area contributed by atoms with Crippen LogP contribution in [0.15, 0.2) is 62.5 Å². The Kier molecular flexibility index (Phi) is 7.79. The third-order valence-corrected chi connectivity index (χ3v) is 8.07. The Balaban J connectivity index is 0.000000149. The average Bonchev–Trinajstić information content (AvgIpc) is 3.90. The van der Waals surface area contributed by atoms with Crippen molar-refractivity contribution in [1.82, 2.24) is 68.9 Å². The first-order chi connectivity index (χ1) is 22.4. The van der Waals surface area contributed by atoms with Crippen LogP contribution in [-0.4, -0.2) is 95.7 Å². The number of nitrogens with zero attached hydrogens (tertiary/aromatic N) is 13. The number of rotatable bonds is 7. The molecule has 0 radical (unpaired) electrons. The van der Waals surface area contributed by atoms with Crippen LogP contribution in [0.25, 0.3) is 11.3 Å². The number of carbonyl (C=O) groups is 1. The molecule has 2 saturated heterocycles. The van der Waals surface area contributed by atoms with Crippen LogP contribution in [0.1, 0.15) is 36.1 Å². The van der Waals surface area contributed by atoms with Crippen molar-refractivity contribution in [2.45, 2.75) is 24.7 Å². The lowest BCUT2D eigenvalue weighted by Gasteiger charge is -2.15. The topological polar surface area (TPSA) is 178 Å². The molecule has 6 aromatic heterocycles. The zero-order valence-electron chi connectivity index (χ0n) is 25.5. The Morgan fingerprint density at radius 2 is 1.43 bits per heavy atom. The van der Waals surface area contributed by atoms with Crippen LogP contribution in [0.4, 0.5) is 23.0 Å². The number of nitrogens with one attached hydrogen (secondary N) is 3. The van der Waals surface area contributed by atoms with Crippen molar-refractivity contribution in [3.63, 3.8) is 0 Å². The summed E-state index contributed by atoms with van der Waals surface area (Å²) in [6.45, 7) is 6.88. The number of likely N-dealkylation sites (tertiary alicyclic amines) is 1. The lowest BCUT2D eigenvalue weighted by atomic mass is 10.1. The molecule has 2 atom stereocenters. The summed E-state index contributed by atoms with van der Waals surface area (Å²) >= 11 is 0. The number of aromatic nitrogens is 12. The number of fused-ring (bicyclic) bond motifs is 2. The van der Waals surface area contributed by atoms with Crippen molar-refractivity contribution in [2.24, 2.45) is 14.1 Å². The Morgan fingerprint density at radius 1 is 0.848 bits per heavy atom. The van der Waals surface area contributed by atoms with Gasteiger partial charge < -0.3 is 20.9 Å². The first-order valence-electron chi connectivity index (χ1n) is 15.0. The number of aryl methyl sites for hydroxylation is 2. The molecule has 2 fully saturated rings. The number of amides is 1. The van der Waals surface area contributed by atoms with Gasteiger partial charge >= 0.3 is 0 Å². The van der Waals surface area contributed by atoms with Gasteiger partial charge in [-0.25, -0.2) is 29.0 Å². The van der Waals surface area contributed by atoms with Crippen LogP contribution >= 0.6 is 0 Å². The van der Waals surface area contributed by atoms with E-state index in [-0.39, 0.29) is 11.8 Å². The third kappa shape index (κ3) is 5.99. The number of carbonyl (C=O) groups excluding carboxylic acids is 1. The first kappa shape index (κ1) is 29.0. The monoisotopic (exact) mass is 622 g/mol. The fourth-order valence-corrected chi connectivity index (χ4v) is 5.74. The molecule has 8 rings (SSSR count). The van der Waals surface area contributed by atoms with Crippen LogP contribution in [0.3, 0.4) is 0 Å². The summed E-state index contributed by atoms with van der Waals surface area (Å²) in [6, 6.07) is 0. The minimum atomic E-state index is -0.0435. The second-order valence-corrected chi connectivity index (χ2v) is 11.3. The molecule has 0 spiro atoms. The molecule has 2 aliphatic rings. The van der Waals surface area contributed by atoms with Gasteiger partial charge in [0.1, 0.15) is 12.7 Å². The van der Waals surface area contributed by atoms with Crippen LogP contribution in [0.5, 0.6) is 0 Å². The lowest BCUT2D eigenvalue weighted by molar-refractivity contribution is -0.125. The molecule has 0 aromatic carbocycles. The maximum Gasteiger partial charge on any atom is 0.245 e. The van der Waals surface area contributed by atoms with Gasteiger partial charge in [-0.3, -0.25) is 14.2 Å². The Bertz CT molecular complexity index is 2000. The predicted octanol–water partition coefficient (Wildman–Crippen LogP) is 1.78. The Hall–Kier alpha value is -5.71. The van der Waals surface area contributed by atoms with E-state index in [1.54, 1.807) is 42.0 Å². The highest BCUT2D eigenvalue weighted by Gasteiger charge is 2.28. The van der Waals surface area contributed by atoms with Crippen LogP contribution in [0.2, 0.25) is 0 Å². The third-order valence-electron chi connectivity index (χ3n) is 8.07. The maximum atomic E-state index is 11.8. The van der Waals surface area contributed by atoms with Gasteiger partial charge in [0.25, 0.3) is 0 Å². The SMILES string of the molecule is C=CC(=O)N1CC[C@H](c2cn3ncnc3c(Nc3cnn(C)c3)n2)C1.Cn1cc(Nc2nc([C@H]3CCNC3)cn3ncnc23)cn1. The molecule has 17 heteroatoms. The molecule has 17 nitrogen and oxygen atoms in total. The molecule has 46 heavy (non-hydrogen) atoms. The molecule has 6 aromatic rings. The molecule has 0 saturated carbocycles. The van der Waals surface area contributed by atoms with Gasteiger partial charge in [-0.1, -0.05) is 6.58 Å². The number of hydrogen-bond donors (Lipinski definition) is 3. The second-order valence-electron chi connectivity index (χ2n) is 11.3. The van der Waals surface area contributed by atoms with Crippen molar-refractivity contribution in [1.29, 1.82) is 0 Å². The molecule has 236 valence electrons. The van der Waals surface area contributed by atoms with Gasteiger partial charge in [0.2, 0.25) is 5.91 Å². The van der Waals surface area contributed by atoms with Gasteiger partial charge in [-0.2, -0.15) is 20.4 Å². The summed E-state index contributed by atoms with van der Waals surface area (Å²) < 4.78 is 6.94. The minimum Gasteiger partial charge on any atom is -0.338 e. The molecule has 0 aliphatic carbocycles. The molecule has 0 bridgehead atoms. The fraction of sp³-hybridized carbons (Fsp3) is 0.345. The summed E-state index contributed by atoms with van der Waals surface area (Å²) in [6.07, 6.45) is 17.4. The van der Waals surface area contributed by atoms with Crippen molar-refractivity contribution in [3.8, 4) is 0 Å². The summed E-state index contributed by atoms with van der Waals surface area (Å²) in [7, 11) is 3.73. The molecule has 2 aliphatic heterocycles. The van der Waals surface area contributed by atoms with Crippen molar-refractivity contribution in [2.75, 3.05) is 36.8 Å². The largest absolute Gasteiger partial charge is 0.338 e. The van der Waals surface area contributed by atoms with E-state index in [4.69, 9.17) is 9.97 Å². The number of hydrogen-bond acceptors (Lipinski definition) is 12. The van der Waals surface area contributed by atoms with E-state index in [1.807, 2.05) is 38.9 Å². The summed E-state index contributed by atoms with van der Waals surface area (Å²) in [5, 5.41) is 26.7. The Labute approximate surface area is 263 Å². The quantitative estimate of drug-likeness (QED) is 0.220. The van der Waals surface area contributed by atoms with Gasteiger partial charge in [0.15, 0.2) is 22.9 Å². The molecule has 3 N–H and O–H groups in total. The van der Waals surface area contributed by atoms with Crippen LogP contribution in [-0.2, 0) is 18.9 Å². The zero-order valence-corrected chi connectivity index (χ0v) is 25.5. The maximum absolute atomic E-state index is 11.8. The van der Waals surface area contributed by atoms with E-state index in [1.165, 1.54) is 12.4 Å². The lowest BCUT2D eigenvalue weighted by Crippen LogP contribution is -2.26. The highest BCUT2D eigenvalue weighted by Crippen LogP contribution is 2.29. The van der Waals surface area contributed by atoms with Crippen LogP contribution < -0.4 is 16.0 Å². The molecular weight excluding hydrogens is 588 g/mol. The smallest absolute Gasteiger partial charge is 0.245 e. The predicted molar refractivity (Wildman–Crippen MR) is 169 cm³/mol. The second kappa shape index (κ2) is 12.4. The fourth-order valence-electron chi connectivity index (χ4n) is 5.74. The van der Waals surface area contributed by atoms with Crippen molar-refractivity contribution < 1.29 is 4.79 Å². The molecular formula is C29H34N16O. The van der Waals surface area contributed by atoms with E-state index in [0.717, 1.165) is 48.7 Å². The molecule has 8 heterocycles. The zero-order chi connectivity index (χ0) is 31.6. The number of anilines is 4. The van der Waals surface area contributed by atoms with E-state index >= 15 is 0 Å². The van der Waals surface area contributed by atoms with Gasteiger partial charge in [0, 0.05) is 58.0 Å². The average molecular weight is 623 g/mol. The Morgan fingerprint density at radius 3 is 1.93 bits per heavy atom. The first-order valence-corrected chi connectivity index (χ1v) is 15.0. The molecule has 1 amide bonds. The minimum absolute atomic E-state index is 0.0435. The highest BCUT2D eigenvalue weighted by atomic mass is 16.2. The van der Waals surface area contributed by atoms with E-state index in [0.29, 0.717) is 41.9 Å².